The molecule has 0 bridgehead atoms. The van der Waals surface area contributed by atoms with Gasteiger partial charge in [0.15, 0.2) is 0 Å². The third-order valence-corrected chi connectivity index (χ3v) is 5.68. The highest BCUT2D eigenvalue weighted by Crippen LogP contribution is 2.30. The second-order valence-electron chi connectivity index (χ2n) is 4.73. The molecule has 1 atom stereocenters. The van der Waals surface area contributed by atoms with Gasteiger partial charge in [0.05, 0.1) is 15.5 Å². The lowest BCUT2D eigenvalue weighted by Crippen LogP contribution is -2.36. The molecule has 20 heavy (non-hydrogen) atoms. The number of rotatable bonds is 5. The Morgan fingerprint density at radius 1 is 1.35 bits per heavy atom. The van der Waals surface area contributed by atoms with E-state index in [1.807, 2.05) is 13.8 Å². The predicted molar refractivity (Wildman–Crippen MR) is 80.7 cm³/mol. The fourth-order valence-corrected chi connectivity index (χ4v) is 3.57. The first-order chi connectivity index (χ1) is 9.06. The van der Waals surface area contributed by atoms with Crippen LogP contribution in [-0.2, 0) is 10.0 Å². The maximum absolute atomic E-state index is 12.2. The van der Waals surface area contributed by atoms with Gasteiger partial charge in [0.1, 0.15) is 0 Å². The average Bonchev–Trinajstić information content (AvgIpc) is 2.31. The summed E-state index contributed by atoms with van der Waals surface area (Å²) in [5.74, 6) is -1.18. The lowest BCUT2D eigenvalue weighted by molar-refractivity contribution is 0.0696. The first-order valence-electron chi connectivity index (χ1n) is 5.81. The molecule has 0 heterocycles. The number of carbonyl (C=O) groups is 1. The SMILES string of the molecule is CC(C)C(C)NS(=O)(=O)c1cc(Br)c(Cl)c(C(=O)O)c1. The number of carboxylic acids is 1. The molecule has 0 spiro atoms. The normalized spacial score (nSPS) is 13.5. The molecule has 1 rings (SSSR count). The van der Waals surface area contributed by atoms with Crippen molar-refractivity contribution in [2.45, 2.75) is 31.7 Å². The van der Waals surface area contributed by atoms with E-state index in [-0.39, 0.29) is 31.9 Å². The molecule has 2 N–H and O–H groups in total. The topological polar surface area (TPSA) is 83.5 Å². The Balaban J connectivity index is 3.30. The predicted octanol–water partition coefficient (Wildman–Crippen LogP) is 3.12. The molecule has 0 saturated carbocycles. The second kappa shape index (κ2) is 6.43. The molecule has 1 aromatic rings. The summed E-state index contributed by atoms with van der Waals surface area (Å²) in [6, 6.07) is 2.05. The molecule has 0 fully saturated rings. The van der Waals surface area contributed by atoms with E-state index in [0.717, 1.165) is 6.07 Å². The van der Waals surface area contributed by atoms with Crippen LogP contribution in [-0.4, -0.2) is 25.5 Å². The Bertz CT molecular complexity index is 631. The number of hydrogen-bond donors (Lipinski definition) is 2. The molecule has 0 saturated heterocycles. The molecule has 8 heteroatoms. The highest BCUT2D eigenvalue weighted by molar-refractivity contribution is 9.10. The van der Waals surface area contributed by atoms with E-state index in [9.17, 15) is 13.2 Å². The Morgan fingerprint density at radius 3 is 2.35 bits per heavy atom. The zero-order valence-electron chi connectivity index (χ0n) is 11.1. The van der Waals surface area contributed by atoms with Gasteiger partial charge in [-0.3, -0.25) is 0 Å². The largest absolute Gasteiger partial charge is 0.478 e. The lowest BCUT2D eigenvalue weighted by atomic mass is 10.1. The summed E-state index contributed by atoms with van der Waals surface area (Å²) >= 11 is 8.89. The van der Waals surface area contributed by atoms with Crippen LogP contribution in [0, 0.1) is 5.92 Å². The van der Waals surface area contributed by atoms with Gasteiger partial charge in [-0.1, -0.05) is 25.4 Å². The molecule has 1 aromatic carbocycles. The molecule has 1 unspecified atom stereocenters. The molecule has 0 radical (unpaired) electrons. The van der Waals surface area contributed by atoms with Crippen LogP contribution in [0.15, 0.2) is 21.5 Å². The molecule has 0 aromatic heterocycles. The highest BCUT2D eigenvalue weighted by Gasteiger charge is 2.23. The van der Waals surface area contributed by atoms with E-state index in [1.54, 1.807) is 6.92 Å². The van der Waals surface area contributed by atoms with Gasteiger partial charge in [-0.05, 0) is 40.9 Å². The Kier molecular flexibility index (Phi) is 5.60. The van der Waals surface area contributed by atoms with Gasteiger partial charge in [-0.15, -0.1) is 0 Å². The lowest BCUT2D eigenvalue weighted by Gasteiger charge is -2.18. The second-order valence-corrected chi connectivity index (χ2v) is 7.67. The van der Waals surface area contributed by atoms with Crippen molar-refractivity contribution in [1.29, 1.82) is 0 Å². The zero-order chi connectivity index (χ0) is 15.7. The van der Waals surface area contributed by atoms with E-state index in [2.05, 4.69) is 20.7 Å². The van der Waals surface area contributed by atoms with Crippen LogP contribution in [0.25, 0.3) is 0 Å². The Hall–Kier alpha value is -0.630. The van der Waals surface area contributed by atoms with Gasteiger partial charge >= 0.3 is 5.97 Å². The van der Waals surface area contributed by atoms with Gasteiger partial charge in [-0.25, -0.2) is 17.9 Å². The summed E-state index contributed by atoms with van der Waals surface area (Å²) in [6.45, 7) is 5.51. The monoisotopic (exact) mass is 383 g/mol. The van der Waals surface area contributed by atoms with Crippen molar-refractivity contribution in [3.8, 4) is 0 Å². The van der Waals surface area contributed by atoms with Crippen molar-refractivity contribution in [1.82, 2.24) is 4.72 Å². The first kappa shape index (κ1) is 17.4. The molecule has 0 aliphatic carbocycles. The maximum Gasteiger partial charge on any atom is 0.337 e. The summed E-state index contributed by atoms with van der Waals surface area (Å²) in [4.78, 5) is 10.9. The van der Waals surface area contributed by atoms with Crippen LogP contribution in [0.1, 0.15) is 31.1 Å². The van der Waals surface area contributed by atoms with Crippen LogP contribution in [0.5, 0.6) is 0 Å². The van der Waals surface area contributed by atoms with E-state index < -0.39 is 16.0 Å². The van der Waals surface area contributed by atoms with Crippen molar-refractivity contribution in [3.63, 3.8) is 0 Å². The van der Waals surface area contributed by atoms with Crippen molar-refractivity contribution in [3.05, 3.63) is 27.2 Å². The van der Waals surface area contributed by atoms with Gasteiger partial charge in [-0.2, -0.15) is 0 Å². The van der Waals surface area contributed by atoms with E-state index in [4.69, 9.17) is 16.7 Å². The first-order valence-corrected chi connectivity index (χ1v) is 8.46. The average molecular weight is 385 g/mol. The van der Waals surface area contributed by atoms with Gasteiger partial charge < -0.3 is 5.11 Å². The van der Waals surface area contributed by atoms with E-state index in [1.165, 1.54) is 6.07 Å². The molecule has 5 nitrogen and oxygen atoms in total. The van der Waals surface area contributed by atoms with Crippen LogP contribution >= 0.6 is 27.5 Å². The Morgan fingerprint density at radius 2 is 1.90 bits per heavy atom. The van der Waals surface area contributed by atoms with E-state index >= 15 is 0 Å². The minimum Gasteiger partial charge on any atom is -0.478 e. The standard InChI is InChI=1S/C12H15BrClNO4S/c1-6(2)7(3)15-20(18,19)8-4-9(12(16)17)11(14)10(13)5-8/h4-7,15H,1-3H3,(H,16,17). The summed E-state index contributed by atoms with van der Waals surface area (Å²) in [5, 5.41) is 9.00. The van der Waals surface area contributed by atoms with Crippen LogP contribution in [0.3, 0.4) is 0 Å². The summed E-state index contributed by atoms with van der Waals surface area (Å²) in [6.07, 6.45) is 0. The van der Waals surface area contributed by atoms with Crippen molar-refractivity contribution in [2.24, 2.45) is 5.92 Å². The number of hydrogen-bond acceptors (Lipinski definition) is 3. The van der Waals surface area contributed by atoms with E-state index in [0.29, 0.717) is 0 Å². The molecular formula is C12H15BrClNO4S. The van der Waals surface area contributed by atoms with Crippen molar-refractivity contribution >= 4 is 43.5 Å². The number of carboxylic acid groups (broad SMARTS) is 1. The third kappa shape index (κ3) is 3.94. The van der Waals surface area contributed by atoms with Gasteiger partial charge in [0, 0.05) is 10.5 Å². The minimum atomic E-state index is -3.80. The van der Waals surface area contributed by atoms with Crippen LogP contribution in [0.2, 0.25) is 5.02 Å². The summed E-state index contributed by atoms with van der Waals surface area (Å²) in [7, 11) is -3.80. The highest BCUT2D eigenvalue weighted by atomic mass is 79.9. The van der Waals surface area contributed by atoms with Crippen molar-refractivity contribution < 1.29 is 18.3 Å². The molecule has 0 aliphatic rings. The number of halogens is 2. The van der Waals surface area contributed by atoms with Crippen LogP contribution < -0.4 is 4.72 Å². The molecule has 0 amide bonds. The fourth-order valence-electron chi connectivity index (χ4n) is 1.32. The van der Waals surface area contributed by atoms with Gasteiger partial charge in [0.25, 0.3) is 0 Å². The number of aromatic carboxylic acids is 1. The number of sulfonamides is 1. The maximum atomic E-state index is 12.2. The fraction of sp³-hybridized carbons (Fsp3) is 0.417. The van der Waals surface area contributed by atoms with Crippen molar-refractivity contribution in [2.75, 3.05) is 0 Å². The number of benzene rings is 1. The molecule has 112 valence electrons. The summed E-state index contributed by atoms with van der Waals surface area (Å²) < 4.78 is 27.2. The molecule has 0 aliphatic heterocycles. The zero-order valence-corrected chi connectivity index (χ0v) is 14.3. The smallest absolute Gasteiger partial charge is 0.337 e. The molecular weight excluding hydrogens is 370 g/mol. The van der Waals surface area contributed by atoms with Gasteiger partial charge in [0.2, 0.25) is 10.0 Å². The quantitative estimate of drug-likeness (QED) is 0.817. The Labute approximate surface area is 131 Å². The minimum absolute atomic E-state index is 0.0339. The van der Waals surface area contributed by atoms with Crippen LogP contribution in [0.4, 0.5) is 0 Å². The number of nitrogens with one attached hydrogen (secondary N) is 1. The summed E-state index contributed by atoms with van der Waals surface area (Å²) in [5.41, 5.74) is -0.265. The third-order valence-electron chi connectivity index (χ3n) is 2.88.